The summed E-state index contributed by atoms with van der Waals surface area (Å²) in [7, 11) is 4.58. The zero-order chi connectivity index (χ0) is 26.0. The molecule has 0 saturated carbocycles. The third-order valence-electron chi connectivity index (χ3n) is 6.53. The number of thioether (sulfide) groups is 1. The van der Waals surface area contributed by atoms with Crippen molar-refractivity contribution in [1.82, 2.24) is 0 Å². The fraction of sp³-hybridized carbons (Fsp3) is 0.250. The molecule has 0 heterocycles. The van der Waals surface area contributed by atoms with Crippen LogP contribution in [0.2, 0.25) is 0 Å². The van der Waals surface area contributed by atoms with Crippen molar-refractivity contribution in [3.05, 3.63) is 81.0 Å². The van der Waals surface area contributed by atoms with Crippen LogP contribution in [0, 0.1) is 11.3 Å². The summed E-state index contributed by atoms with van der Waals surface area (Å²) in [4.78, 5) is 26.4. The lowest BCUT2D eigenvalue weighted by Crippen LogP contribution is -2.25. The minimum absolute atomic E-state index is 0.188. The number of hydrogen-bond acceptors (Lipinski definition) is 7. The van der Waals surface area contributed by atoms with E-state index in [1.807, 2.05) is 18.4 Å². The van der Waals surface area contributed by atoms with Gasteiger partial charge in [-0.3, -0.25) is 9.59 Å². The first kappa shape index (κ1) is 25.1. The topological polar surface area (TPSA) is 106 Å². The number of methoxy groups -OCH3 is 3. The Hall–Kier alpha value is -3.96. The maximum Gasteiger partial charge on any atom is 0.311 e. The number of fused-ring (bicyclic) bond motifs is 3. The number of carboxylic acid groups (broad SMARTS) is 1. The lowest BCUT2D eigenvalue weighted by molar-refractivity contribution is -0.139. The van der Waals surface area contributed by atoms with Crippen molar-refractivity contribution < 1.29 is 24.1 Å². The van der Waals surface area contributed by atoms with Crippen molar-refractivity contribution in [3.8, 4) is 34.4 Å². The molecule has 2 atom stereocenters. The second-order valence-electron chi connectivity index (χ2n) is 8.32. The highest BCUT2D eigenvalue weighted by atomic mass is 32.2. The monoisotopic (exact) mass is 503 g/mol. The summed E-state index contributed by atoms with van der Waals surface area (Å²) in [5.74, 6) is -1.29. The first-order valence-electron chi connectivity index (χ1n) is 11.2. The molecule has 4 rings (SSSR count). The van der Waals surface area contributed by atoms with E-state index in [4.69, 9.17) is 14.2 Å². The van der Waals surface area contributed by atoms with Crippen LogP contribution < -0.4 is 19.6 Å². The highest BCUT2D eigenvalue weighted by Gasteiger charge is 2.38. The van der Waals surface area contributed by atoms with Crippen molar-refractivity contribution in [3.63, 3.8) is 0 Å². The summed E-state index contributed by atoms with van der Waals surface area (Å²) in [6.07, 6.45) is 2.13. The minimum Gasteiger partial charge on any atom is -0.493 e. The number of hydrogen-bond donors (Lipinski definition) is 1. The van der Waals surface area contributed by atoms with Gasteiger partial charge in [0.1, 0.15) is 0 Å². The van der Waals surface area contributed by atoms with E-state index in [1.165, 1.54) is 39.2 Å². The molecule has 0 spiro atoms. The van der Waals surface area contributed by atoms with Gasteiger partial charge in [0.2, 0.25) is 5.75 Å². The van der Waals surface area contributed by atoms with Crippen LogP contribution in [-0.2, 0) is 11.2 Å². The normalized spacial score (nSPS) is 14.6. The summed E-state index contributed by atoms with van der Waals surface area (Å²) in [5, 5.41) is 19.8. The Morgan fingerprint density at radius 2 is 1.83 bits per heavy atom. The highest BCUT2D eigenvalue weighted by Crippen LogP contribution is 2.53. The van der Waals surface area contributed by atoms with E-state index in [0.717, 1.165) is 11.1 Å². The Kier molecular flexibility index (Phi) is 7.22. The molecular formula is C28H25NO6S. The van der Waals surface area contributed by atoms with Crippen LogP contribution in [0.1, 0.15) is 34.1 Å². The van der Waals surface area contributed by atoms with E-state index in [2.05, 4.69) is 6.07 Å². The summed E-state index contributed by atoms with van der Waals surface area (Å²) in [6.45, 7) is 0. The zero-order valence-corrected chi connectivity index (χ0v) is 21.1. The Balaban J connectivity index is 2.08. The maximum absolute atomic E-state index is 13.1. The SMILES string of the molecule is COc1cc2c(c(OC)c1OC)-c1ccc(SC)c(=O)cc1C(C(C(=O)O)c1cccc(C#N)c1)C2. The third kappa shape index (κ3) is 4.27. The summed E-state index contributed by atoms with van der Waals surface area (Å²) < 4.78 is 16.9. The van der Waals surface area contributed by atoms with E-state index >= 15 is 0 Å². The number of aliphatic carboxylic acids is 1. The number of rotatable bonds is 7. The number of ether oxygens (including phenoxy) is 3. The smallest absolute Gasteiger partial charge is 0.311 e. The van der Waals surface area contributed by atoms with E-state index in [1.54, 1.807) is 30.3 Å². The zero-order valence-electron chi connectivity index (χ0n) is 20.3. The van der Waals surface area contributed by atoms with Gasteiger partial charge in [-0.2, -0.15) is 5.26 Å². The van der Waals surface area contributed by atoms with Gasteiger partial charge in [-0.25, -0.2) is 0 Å². The third-order valence-corrected chi connectivity index (χ3v) is 7.30. The number of carboxylic acids is 1. The Labute approximate surface area is 213 Å². The van der Waals surface area contributed by atoms with E-state index in [9.17, 15) is 20.0 Å². The Morgan fingerprint density at radius 3 is 2.44 bits per heavy atom. The molecule has 0 radical (unpaired) electrons. The molecule has 3 aromatic rings. The van der Waals surface area contributed by atoms with Gasteiger partial charge in [-0.1, -0.05) is 18.2 Å². The largest absolute Gasteiger partial charge is 0.493 e. The van der Waals surface area contributed by atoms with Crippen molar-refractivity contribution in [1.29, 1.82) is 5.26 Å². The molecule has 7 nitrogen and oxygen atoms in total. The van der Waals surface area contributed by atoms with Crippen LogP contribution in [0.25, 0.3) is 11.1 Å². The van der Waals surface area contributed by atoms with Gasteiger partial charge in [0.15, 0.2) is 16.9 Å². The van der Waals surface area contributed by atoms with E-state index in [-0.39, 0.29) is 5.43 Å². The average molecular weight is 504 g/mol. The lowest BCUT2D eigenvalue weighted by atomic mass is 9.71. The Morgan fingerprint density at radius 1 is 1.08 bits per heavy atom. The van der Waals surface area contributed by atoms with Crippen LogP contribution in [-0.4, -0.2) is 38.7 Å². The predicted octanol–water partition coefficient (Wildman–Crippen LogP) is 4.84. The number of nitrogens with zero attached hydrogens (tertiary/aromatic N) is 1. The summed E-state index contributed by atoms with van der Waals surface area (Å²) in [6, 6.07) is 15.6. The van der Waals surface area contributed by atoms with Gasteiger partial charge in [-0.05, 0) is 65.3 Å². The first-order chi connectivity index (χ1) is 17.4. The maximum atomic E-state index is 13.1. The van der Waals surface area contributed by atoms with Gasteiger partial charge in [0.05, 0.1) is 43.8 Å². The molecule has 1 aliphatic carbocycles. The van der Waals surface area contributed by atoms with Crippen molar-refractivity contribution in [2.45, 2.75) is 23.2 Å². The molecule has 36 heavy (non-hydrogen) atoms. The van der Waals surface area contributed by atoms with Crippen LogP contribution >= 0.6 is 11.8 Å². The predicted molar refractivity (Wildman–Crippen MR) is 138 cm³/mol. The number of nitriles is 1. The lowest BCUT2D eigenvalue weighted by Gasteiger charge is -2.33. The van der Waals surface area contributed by atoms with Crippen LogP contribution in [0.5, 0.6) is 17.2 Å². The number of benzene rings is 2. The van der Waals surface area contributed by atoms with Crippen LogP contribution in [0.15, 0.2) is 58.2 Å². The second kappa shape index (κ2) is 10.3. The average Bonchev–Trinajstić information content (AvgIpc) is 3.05. The van der Waals surface area contributed by atoms with Crippen LogP contribution in [0.3, 0.4) is 0 Å². The second-order valence-corrected chi connectivity index (χ2v) is 9.17. The number of carbonyl (C=O) groups is 1. The molecule has 0 fully saturated rings. The van der Waals surface area contributed by atoms with Crippen molar-refractivity contribution in [2.75, 3.05) is 27.6 Å². The van der Waals surface area contributed by atoms with E-state index in [0.29, 0.717) is 50.8 Å². The Bertz CT molecular complexity index is 1450. The van der Waals surface area contributed by atoms with Gasteiger partial charge in [0, 0.05) is 11.5 Å². The fourth-order valence-electron chi connectivity index (χ4n) is 4.99. The molecule has 3 aromatic carbocycles. The molecule has 8 heteroatoms. The van der Waals surface area contributed by atoms with Crippen LogP contribution in [0.4, 0.5) is 0 Å². The first-order valence-corrected chi connectivity index (χ1v) is 12.4. The molecule has 184 valence electrons. The summed E-state index contributed by atoms with van der Waals surface area (Å²) in [5.41, 5.74) is 3.53. The minimum atomic E-state index is -1.04. The molecular weight excluding hydrogens is 478 g/mol. The molecule has 0 saturated heterocycles. The molecule has 1 aliphatic rings. The molecule has 0 aromatic heterocycles. The molecule has 0 bridgehead atoms. The van der Waals surface area contributed by atoms with Gasteiger partial charge in [0.25, 0.3) is 0 Å². The quantitative estimate of drug-likeness (QED) is 0.457. The standard InChI is InChI=1S/C28H25NO6S/c1-33-22-12-17-11-20(25(28(31)32)16-7-5-6-15(10-16)14-29)19-13-21(30)23(36-4)9-8-18(19)24(17)27(35-3)26(22)34-2/h5-10,12-13,20,25H,11H2,1-4H3,(H,31,32). The van der Waals surface area contributed by atoms with Gasteiger partial charge >= 0.3 is 5.97 Å². The molecule has 0 amide bonds. The summed E-state index contributed by atoms with van der Waals surface area (Å²) >= 11 is 1.33. The highest BCUT2D eigenvalue weighted by molar-refractivity contribution is 7.98. The molecule has 0 aliphatic heterocycles. The van der Waals surface area contributed by atoms with Gasteiger partial charge in [-0.15, -0.1) is 11.8 Å². The van der Waals surface area contributed by atoms with E-state index < -0.39 is 17.8 Å². The van der Waals surface area contributed by atoms with Crippen molar-refractivity contribution >= 4 is 17.7 Å². The molecule has 2 unspecified atom stereocenters. The van der Waals surface area contributed by atoms with Crippen molar-refractivity contribution in [2.24, 2.45) is 0 Å². The molecule has 1 N–H and O–H groups in total. The fourth-order valence-corrected chi connectivity index (χ4v) is 5.45. The van der Waals surface area contributed by atoms with Gasteiger partial charge < -0.3 is 19.3 Å².